The minimum Gasteiger partial charge on any atom is -0.486 e. The molecule has 5 rings (SSSR count). The summed E-state index contributed by atoms with van der Waals surface area (Å²) in [5.74, 6) is -0.293. The Morgan fingerprint density at radius 2 is 2.18 bits per heavy atom. The molecule has 2 fully saturated rings. The molecule has 0 saturated carbocycles. The first kappa shape index (κ1) is 26.8. The zero-order valence-corrected chi connectivity index (χ0v) is 21.9. The molecule has 3 heterocycles. The highest BCUT2D eigenvalue weighted by molar-refractivity contribution is 6.31. The largest absolute Gasteiger partial charge is 0.486 e. The smallest absolute Gasteiger partial charge is 0.320 e. The molecule has 1 aromatic heterocycles. The molecule has 39 heavy (non-hydrogen) atoms. The van der Waals surface area contributed by atoms with Gasteiger partial charge in [-0.2, -0.15) is 0 Å². The predicted molar refractivity (Wildman–Crippen MR) is 144 cm³/mol. The van der Waals surface area contributed by atoms with Crippen molar-refractivity contribution in [3.05, 3.63) is 59.7 Å². The number of aromatic nitrogens is 2. The van der Waals surface area contributed by atoms with E-state index in [1.54, 1.807) is 24.3 Å². The number of benzene rings is 2. The van der Waals surface area contributed by atoms with Crippen LogP contribution < -0.4 is 15.4 Å². The molecular weight excluding hydrogens is 529 g/mol. The lowest BCUT2D eigenvalue weighted by Gasteiger charge is -2.29. The highest BCUT2D eigenvalue weighted by atomic mass is 35.5. The van der Waals surface area contributed by atoms with Gasteiger partial charge >= 0.3 is 5.97 Å². The summed E-state index contributed by atoms with van der Waals surface area (Å²) in [5, 5.41) is 6.60. The van der Waals surface area contributed by atoms with E-state index in [0.29, 0.717) is 60.1 Å². The third kappa shape index (κ3) is 6.80. The van der Waals surface area contributed by atoms with Crippen molar-refractivity contribution in [2.75, 3.05) is 43.5 Å². The highest BCUT2D eigenvalue weighted by Gasteiger charge is 2.23. The van der Waals surface area contributed by atoms with Crippen molar-refractivity contribution in [2.45, 2.75) is 25.6 Å². The predicted octanol–water partition coefficient (Wildman–Crippen LogP) is 4.08. The number of hydrogen-bond donors (Lipinski definition) is 2. The molecule has 0 bridgehead atoms. The number of halogens is 2. The van der Waals surface area contributed by atoms with Crippen LogP contribution in [0.2, 0.25) is 5.02 Å². The van der Waals surface area contributed by atoms with E-state index in [1.165, 1.54) is 24.5 Å². The monoisotopic (exact) mass is 555 g/mol. The summed E-state index contributed by atoms with van der Waals surface area (Å²) in [5.41, 5.74) is 1.54. The lowest BCUT2D eigenvalue weighted by molar-refractivity contribution is -0.156. The van der Waals surface area contributed by atoms with Crippen molar-refractivity contribution in [2.24, 2.45) is 0 Å². The van der Waals surface area contributed by atoms with Gasteiger partial charge in [-0.1, -0.05) is 17.7 Å². The van der Waals surface area contributed by atoms with Crippen molar-refractivity contribution in [1.82, 2.24) is 14.9 Å². The summed E-state index contributed by atoms with van der Waals surface area (Å²) in [7, 11) is 0. The summed E-state index contributed by atoms with van der Waals surface area (Å²) in [6.07, 6.45) is 4.89. The van der Waals surface area contributed by atoms with Crippen LogP contribution in [0.1, 0.15) is 13.3 Å². The maximum absolute atomic E-state index is 13.6. The van der Waals surface area contributed by atoms with Crippen LogP contribution >= 0.6 is 11.6 Å². The molecule has 0 spiro atoms. The number of rotatable bonds is 8. The second-order valence-corrected chi connectivity index (χ2v) is 9.74. The van der Waals surface area contributed by atoms with Gasteiger partial charge in [0, 0.05) is 42.7 Å². The molecule has 10 nitrogen and oxygen atoms in total. The van der Waals surface area contributed by atoms with Crippen LogP contribution in [0.4, 0.5) is 21.6 Å². The Hall–Kier alpha value is -3.80. The molecule has 0 unspecified atom stereocenters. The fraction of sp³-hybridized carbons (Fsp3) is 0.333. The average molecular weight is 556 g/mol. The van der Waals surface area contributed by atoms with Gasteiger partial charge in [0.25, 0.3) is 0 Å². The topological polar surface area (TPSA) is 115 Å². The maximum atomic E-state index is 13.6. The van der Waals surface area contributed by atoms with Gasteiger partial charge < -0.3 is 24.8 Å². The van der Waals surface area contributed by atoms with E-state index < -0.39 is 5.82 Å². The molecule has 12 heteroatoms. The van der Waals surface area contributed by atoms with Gasteiger partial charge in [0.2, 0.25) is 5.91 Å². The summed E-state index contributed by atoms with van der Waals surface area (Å²) in [6.45, 7) is 4.08. The van der Waals surface area contributed by atoms with E-state index in [2.05, 4.69) is 20.6 Å². The molecule has 2 saturated heterocycles. The SMILES string of the molecule is C[C@H]1CN(CC=CC(=O)Nc2cc3c(Nc4ccc(F)c(Cl)c4)ncnc3cc2O[C@@H]2CCOC2)CC(=O)O1. The molecule has 2 aromatic carbocycles. The molecular formula is C27H27ClFN5O5. The molecule has 2 aliphatic rings. The molecule has 0 radical (unpaired) electrons. The number of ether oxygens (including phenoxy) is 3. The third-order valence-electron chi connectivity index (χ3n) is 6.19. The molecule has 2 aliphatic heterocycles. The first-order valence-corrected chi connectivity index (χ1v) is 12.9. The number of cyclic esters (lactones) is 1. The van der Waals surface area contributed by atoms with Gasteiger partial charge in [-0.25, -0.2) is 14.4 Å². The zero-order chi connectivity index (χ0) is 27.4. The lowest BCUT2D eigenvalue weighted by Crippen LogP contribution is -2.44. The number of anilines is 3. The van der Waals surface area contributed by atoms with Crippen molar-refractivity contribution in [1.29, 1.82) is 0 Å². The van der Waals surface area contributed by atoms with E-state index >= 15 is 0 Å². The Labute approximate surface area is 229 Å². The number of esters is 1. The number of carbonyl (C=O) groups is 2. The minimum atomic E-state index is -0.528. The minimum absolute atomic E-state index is 0.0246. The summed E-state index contributed by atoms with van der Waals surface area (Å²) in [6, 6.07) is 7.72. The van der Waals surface area contributed by atoms with Gasteiger partial charge in [0.15, 0.2) is 0 Å². The van der Waals surface area contributed by atoms with Gasteiger partial charge in [-0.3, -0.25) is 14.5 Å². The van der Waals surface area contributed by atoms with Crippen molar-refractivity contribution in [3.63, 3.8) is 0 Å². The first-order valence-electron chi connectivity index (χ1n) is 12.5. The number of carbonyl (C=O) groups excluding carboxylic acids is 2. The highest BCUT2D eigenvalue weighted by Crippen LogP contribution is 2.35. The number of fused-ring (bicyclic) bond motifs is 1. The summed E-state index contributed by atoms with van der Waals surface area (Å²) < 4.78 is 30.4. The van der Waals surface area contributed by atoms with Crippen molar-refractivity contribution < 1.29 is 28.2 Å². The Bertz CT molecular complexity index is 1410. The van der Waals surface area contributed by atoms with Crippen LogP contribution in [0.25, 0.3) is 10.9 Å². The molecule has 0 aliphatic carbocycles. The second-order valence-electron chi connectivity index (χ2n) is 9.33. The van der Waals surface area contributed by atoms with Crippen LogP contribution in [0.5, 0.6) is 5.75 Å². The molecule has 204 valence electrons. The number of amides is 1. The Balaban J connectivity index is 1.39. The second kappa shape index (κ2) is 11.9. The van der Waals surface area contributed by atoms with Crippen LogP contribution in [0.15, 0.2) is 48.8 Å². The standard InChI is InChI=1S/C27H27ClFN5O5/c1-16-12-34(13-26(36)38-16)7-2-3-25(35)33-23-10-19-22(11-24(23)39-18-6-8-37-14-18)30-15-31-27(19)32-17-4-5-21(29)20(28)9-17/h2-5,9-11,15-16,18H,6-8,12-14H2,1H3,(H,33,35)(H,30,31,32)/t16-,18+/m0/s1. The Kier molecular flexibility index (Phi) is 8.20. The van der Waals surface area contributed by atoms with E-state index in [9.17, 15) is 14.0 Å². The first-order chi connectivity index (χ1) is 18.8. The molecule has 3 aromatic rings. The van der Waals surface area contributed by atoms with Crippen LogP contribution in [-0.4, -0.2) is 71.8 Å². The van der Waals surface area contributed by atoms with Gasteiger partial charge in [-0.05, 0) is 31.2 Å². The summed E-state index contributed by atoms with van der Waals surface area (Å²) >= 11 is 5.93. The van der Waals surface area contributed by atoms with Crippen molar-refractivity contribution >= 4 is 51.6 Å². The van der Waals surface area contributed by atoms with Crippen molar-refractivity contribution in [3.8, 4) is 5.75 Å². The fourth-order valence-corrected chi connectivity index (χ4v) is 4.59. The fourth-order valence-electron chi connectivity index (χ4n) is 4.41. The Morgan fingerprint density at radius 1 is 1.31 bits per heavy atom. The van der Waals surface area contributed by atoms with E-state index in [1.807, 2.05) is 11.8 Å². The summed E-state index contributed by atoms with van der Waals surface area (Å²) in [4.78, 5) is 35.1. The average Bonchev–Trinajstić information content (AvgIpc) is 3.40. The van der Waals surface area contributed by atoms with Crippen LogP contribution in [0.3, 0.4) is 0 Å². The Morgan fingerprint density at radius 3 is 2.95 bits per heavy atom. The zero-order valence-electron chi connectivity index (χ0n) is 21.2. The van der Waals surface area contributed by atoms with Crippen LogP contribution in [0, 0.1) is 5.82 Å². The molecule has 1 amide bonds. The quantitative estimate of drug-likeness (QED) is 0.313. The number of nitrogens with one attached hydrogen (secondary N) is 2. The van der Waals surface area contributed by atoms with E-state index in [4.69, 9.17) is 25.8 Å². The van der Waals surface area contributed by atoms with Gasteiger partial charge in [-0.15, -0.1) is 0 Å². The van der Waals surface area contributed by atoms with E-state index in [0.717, 1.165) is 6.42 Å². The molecule has 2 atom stereocenters. The normalized spacial score (nSPS) is 19.8. The third-order valence-corrected chi connectivity index (χ3v) is 6.48. The van der Waals surface area contributed by atoms with Gasteiger partial charge in [0.1, 0.15) is 35.9 Å². The number of morpholine rings is 1. The van der Waals surface area contributed by atoms with Gasteiger partial charge in [0.05, 0.1) is 36.0 Å². The number of hydrogen-bond acceptors (Lipinski definition) is 9. The molecule has 2 N–H and O–H groups in total. The number of nitrogens with zero attached hydrogens (tertiary/aromatic N) is 3. The lowest BCUT2D eigenvalue weighted by atomic mass is 10.1. The maximum Gasteiger partial charge on any atom is 0.320 e. The van der Waals surface area contributed by atoms with Crippen LogP contribution in [-0.2, 0) is 19.1 Å². The van der Waals surface area contributed by atoms with E-state index in [-0.39, 0.29) is 35.7 Å².